The van der Waals surface area contributed by atoms with E-state index in [1.165, 1.54) is 17.2 Å². The monoisotopic (exact) mass is 257 g/mol. The number of halogens is 1. The van der Waals surface area contributed by atoms with E-state index in [0.29, 0.717) is 5.56 Å². The Balaban J connectivity index is 2.52. The Morgan fingerprint density at radius 3 is 2.16 bits per heavy atom. The Morgan fingerprint density at radius 1 is 0.842 bits per heavy atom. The van der Waals surface area contributed by atoms with Crippen LogP contribution in [0.2, 0.25) is 0 Å². The molecule has 1 atom stereocenters. The largest absolute Gasteiger partial charge is 0.320 e. The van der Waals surface area contributed by atoms with E-state index in [-0.39, 0.29) is 5.82 Å². The van der Waals surface area contributed by atoms with Gasteiger partial charge in [0, 0.05) is 5.56 Å². The molecule has 2 N–H and O–H groups in total. The number of benzene rings is 2. The van der Waals surface area contributed by atoms with Crippen molar-refractivity contribution in [2.45, 2.75) is 33.7 Å². The second-order valence-electron chi connectivity index (χ2n) is 5.30. The van der Waals surface area contributed by atoms with Gasteiger partial charge in [0.05, 0.1) is 6.04 Å². The van der Waals surface area contributed by atoms with E-state index in [2.05, 4.69) is 26.0 Å². The van der Waals surface area contributed by atoms with Crippen LogP contribution in [0.4, 0.5) is 4.39 Å². The molecule has 1 nitrogen and oxygen atoms in total. The maximum absolute atomic E-state index is 13.9. The van der Waals surface area contributed by atoms with Gasteiger partial charge in [0.1, 0.15) is 5.82 Å². The lowest BCUT2D eigenvalue weighted by atomic mass is 9.91. The van der Waals surface area contributed by atoms with Crippen LogP contribution in [0.3, 0.4) is 0 Å². The van der Waals surface area contributed by atoms with E-state index in [9.17, 15) is 4.39 Å². The highest BCUT2D eigenvalue weighted by Gasteiger charge is 2.16. The number of nitrogens with two attached hydrogens (primary N) is 1. The molecule has 100 valence electrons. The molecule has 0 aromatic heterocycles. The normalized spacial score (nSPS) is 12.5. The van der Waals surface area contributed by atoms with Gasteiger partial charge in [0.2, 0.25) is 0 Å². The minimum atomic E-state index is -0.417. The molecule has 0 radical (unpaired) electrons. The van der Waals surface area contributed by atoms with Crippen molar-refractivity contribution in [1.82, 2.24) is 0 Å². The van der Waals surface area contributed by atoms with Crippen molar-refractivity contribution in [3.05, 3.63) is 69.5 Å². The topological polar surface area (TPSA) is 26.0 Å². The zero-order valence-corrected chi connectivity index (χ0v) is 11.9. The number of hydrogen-bond acceptors (Lipinski definition) is 1. The fourth-order valence-corrected chi connectivity index (χ4v) is 2.39. The van der Waals surface area contributed by atoms with Crippen molar-refractivity contribution >= 4 is 0 Å². The number of hydrogen-bond donors (Lipinski definition) is 1. The molecule has 0 aliphatic heterocycles. The molecule has 2 aromatic rings. The standard InChI is InChI=1S/C17H20FN/c1-10-5-6-16(18)15(7-10)17(19)14-9-12(3)11(2)8-13(14)4/h5-9,17H,19H2,1-4H3. The molecule has 19 heavy (non-hydrogen) atoms. The molecule has 1 unspecified atom stereocenters. The van der Waals surface area contributed by atoms with Gasteiger partial charge in [-0.1, -0.05) is 29.8 Å². The zero-order valence-electron chi connectivity index (χ0n) is 11.9. The van der Waals surface area contributed by atoms with E-state index in [0.717, 1.165) is 16.7 Å². The van der Waals surface area contributed by atoms with Gasteiger partial charge in [-0.05, 0) is 56.0 Å². The van der Waals surface area contributed by atoms with Crippen molar-refractivity contribution in [3.8, 4) is 0 Å². The third-order valence-corrected chi connectivity index (χ3v) is 3.70. The maximum Gasteiger partial charge on any atom is 0.128 e. The minimum absolute atomic E-state index is 0.240. The second kappa shape index (κ2) is 5.14. The summed E-state index contributed by atoms with van der Waals surface area (Å²) in [5.74, 6) is -0.240. The van der Waals surface area contributed by atoms with Gasteiger partial charge in [0.15, 0.2) is 0 Å². The highest BCUT2D eigenvalue weighted by Crippen LogP contribution is 2.27. The lowest BCUT2D eigenvalue weighted by molar-refractivity contribution is 0.598. The number of rotatable bonds is 2. The summed E-state index contributed by atoms with van der Waals surface area (Å²) in [6.45, 7) is 8.10. The van der Waals surface area contributed by atoms with Gasteiger partial charge < -0.3 is 5.73 Å². The Kier molecular flexibility index (Phi) is 3.72. The van der Waals surface area contributed by atoms with Crippen LogP contribution in [0.15, 0.2) is 30.3 Å². The second-order valence-corrected chi connectivity index (χ2v) is 5.30. The predicted molar refractivity (Wildman–Crippen MR) is 77.8 cm³/mol. The van der Waals surface area contributed by atoms with Gasteiger partial charge >= 0.3 is 0 Å². The highest BCUT2D eigenvalue weighted by molar-refractivity contribution is 5.43. The van der Waals surface area contributed by atoms with Gasteiger partial charge in [0.25, 0.3) is 0 Å². The van der Waals surface area contributed by atoms with Crippen molar-refractivity contribution in [2.75, 3.05) is 0 Å². The van der Waals surface area contributed by atoms with E-state index in [1.807, 2.05) is 19.9 Å². The first-order chi connectivity index (χ1) is 8.90. The Bertz CT molecular complexity index is 617. The summed E-state index contributed by atoms with van der Waals surface area (Å²) < 4.78 is 13.9. The van der Waals surface area contributed by atoms with Gasteiger partial charge in [-0.15, -0.1) is 0 Å². The van der Waals surface area contributed by atoms with Crippen molar-refractivity contribution in [2.24, 2.45) is 5.73 Å². The average molecular weight is 257 g/mol. The molecule has 0 aliphatic rings. The first-order valence-corrected chi connectivity index (χ1v) is 6.49. The van der Waals surface area contributed by atoms with Gasteiger partial charge in [-0.3, -0.25) is 0 Å². The first kappa shape index (κ1) is 13.8. The van der Waals surface area contributed by atoms with Crippen LogP contribution in [0.5, 0.6) is 0 Å². The molecule has 0 saturated heterocycles. The van der Waals surface area contributed by atoms with Gasteiger partial charge in [-0.2, -0.15) is 0 Å². The van der Waals surface area contributed by atoms with E-state index < -0.39 is 6.04 Å². The van der Waals surface area contributed by atoms with Crippen molar-refractivity contribution in [3.63, 3.8) is 0 Å². The minimum Gasteiger partial charge on any atom is -0.320 e. The van der Waals surface area contributed by atoms with Gasteiger partial charge in [-0.25, -0.2) is 4.39 Å². The lowest BCUT2D eigenvalue weighted by Gasteiger charge is -2.18. The molecule has 0 bridgehead atoms. The molecule has 0 fully saturated rings. The third kappa shape index (κ3) is 2.69. The quantitative estimate of drug-likeness (QED) is 0.861. The average Bonchev–Trinajstić information content (AvgIpc) is 2.36. The highest BCUT2D eigenvalue weighted by atomic mass is 19.1. The van der Waals surface area contributed by atoms with Crippen LogP contribution in [0, 0.1) is 33.5 Å². The summed E-state index contributed by atoms with van der Waals surface area (Å²) >= 11 is 0. The zero-order chi connectivity index (χ0) is 14.2. The Morgan fingerprint density at radius 2 is 1.47 bits per heavy atom. The fraction of sp³-hybridized carbons (Fsp3) is 0.294. The van der Waals surface area contributed by atoms with E-state index in [1.54, 1.807) is 6.07 Å². The number of aryl methyl sites for hydroxylation is 4. The van der Waals surface area contributed by atoms with E-state index >= 15 is 0 Å². The predicted octanol–water partition coefficient (Wildman–Crippen LogP) is 4.11. The summed E-state index contributed by atoms with van der Waals surface area (Å²) in [5.41, 5.74) is 12.4. The summed E-state index contributed by atoms with van der Waals surface area (Å²) in [5, 5.41) is 0. The maximum atomic E-state index is 13.9. The van der Waals surface area contributed by atoms with Crippen LogP contribution in [0.25, 0.3) is 0 Å². The molecule has 0 saturated carbocycles. The Hall–Kier alpha value is -1.67. The van der Waals surface area contributed by atoms with Crippen LogP contribution in [-0.2, 0) is 0 Å². The van der Waals surface area contributed by atoms with Crippen LogP contribution in [0.1, 0.15) is 39.4 Å². The summed E-state index contributed by atoms with van der Waals surface area (Å²) in [6, 6.07) is 8.84. The lowest BCUT2D eigenvalue weighted by Crippen LogP contribution is -2.15. The molecule has 0 heterocycles. The van der Waals surface area contributed by atoms with Crippen molar-refractivity contribution in [1.29, 1.82) is 0 Å². The molecule has 0 amide bonds. The van der Waals surface area contributed by atoms with Crippen molar-refractivity contribution < 1.29 is 4.39 Å². The molecular weight excluding hydrogens is 237 g/mol. The Labute approximate surface area is 114 Å². The summed E-state index contributed by atoms with van der Waals surface area (Å²) in [6.07, 6.45) is 0. The van der Waals surface area contributed by atoms with E-state index in [4.69, 9.17) is 5.73 Å². The van der Waals surface area contributed by atoms with Crippen LogP contribution < -0.4 is 5.73 Å². The third-order valence-electron chi connectivity index (χ3n) is 3.70. The SMILES string of the molecule is Cc1ccc(F)c(C(N)c2cc(C)c(C)cc2C)c1. The summed E-state index contributed by atoms with van der Waals surface area (Å²) in [7, 11) is 0. The van der Waals surface area contributed by atoms with Crippen LogP contribution in [-0.4, -0.2) is 0 Å². The first-order valence-electron chi connectivity index (χ1n) is 6.49. The molecule has 2 rings (SSSR count). The molecule has 0 spiro atoms. The fourth-order valence-electron chi connectivity index (χ4n) is 2.39. The molecule has 2 aromatic carbocycles. The molecular formula is C17H20FN. The van der Waals surface area contributed by atoms with Crippen LogP contribution >= 0.6 is 0 Å². The molecule has 2 heteroatoms. The summed E-state index contributed by atoms with van der Waals surface area (Å²) in [4.78, 5) is 0. The smallest absolute Gasteiger partial charge is 0.128 e. The molecule has 0 aliphatic carbocycles.